The topological polar surface area (TPSA) is 81.7 Å². The van der Waals surface area contributed by atoms with Crippen LogP contribution in [0.3, 0.4) is 0 Å². The van der Waals surface area contributed by atoms with Crippen molar-refractivity contribution in [2.75, 3.05) is 19.5 Å². The van der Waals surface area contributed by atoms with Crippen LogP contribution in [0.5, 0.6) is 0 Å². The molecule has 1 rings (SSSR count). The van der Waals surface area contributed by atoms with Gasteiger partial charge in [-0.05, 0) is 18.2 Å². The summed E-state index contributed by atoms with van der Waals surface area (Å²) in [6.45, 7) is 1.58. The highest BCUT2D eigenvalue weighted by Gasteiger charge is 2.20. The largest absolute Gasteiger partial charge is 0.469 e. The van der Waals surface area contributed by atoms with Crippen molar-refractivity contribution < 1.29 is 23.9 Å². The average molecular weight is 314 g/mol. The van der Waals surface area contributed by atoms with Crippen molar-refractivity contribution in [2.45, 2.75) is 13.3 Å². The highest BCUT2D eigenvalue weighted by molar-refractivity contribution is 6.31. The van der Waals surface area contributed by atoms with E-state index in [0.717, 1.165) is 0 Å². The van der Waals surface area contributed by atoms with E-state index in [1.54, 1.807) is 6.92 Å². The predicted octanol–water partition coefficient (Wildman–Crippen LogP) is 2.26. The summed E-state index contributed by atoms with van der Waals surface area (Å²) in [5, 5.41) is 2.92. The minimum absolute atomic E-state index is 0.0591. The summed E-state index contributed by atoms with van der Waals surface area (Å²) in [4.78, 5) is 34.8. The van der Waals surface area contributed by atoms with E-state index in [0.29, 0.717) is 5.02 Å². The smallest absolute Gasteiger partial charge is 0.339 e. The van der Waals surface area contributed by atoms with Crippen molar-refractivity contribution in [1.29, 1.82) is 0 Å². The summed E-state index contributed by atoms with van der Waals surface area (Å²) < 4.78 is 9.14. The summed E-state index contributed by atoms with van der Waals surface area (Å²) >= 11 is 5.86. The lowest BCUT2D eigenvalue weighted by Gasteiger charge is -2.13. The predicted molar refractivity (Wildman–Crippen MR) is 77.2 cm³/mol. The summed E-state index contributed by atoms with van der Waals surface area (Å²) in [5.74, 6) is -2.12. The number of carbonyl (C=O) groups excluding carboxylic acids is 3. The second-order valence-electron chi connectivity index (χ2n) is 4.35. The normalized spacial score (nSPS) is 11.4. The monoisotopic (exact) mass is 313 g/mol. The number of hydrogen-bond donors (Lipinski definition) is 1. The number of anilines is 1. The lowest BCUT2D eigenvalue weighted by molar-refractivity contribution is -0.143. The number of halogens is 1. The van der Waals surface area contributed by atoms with E-state index in [9.17, 15) is 14.4 Å². The van der Waals surface area contributed by atoms with Crippen LogP contribution < -0.4 is 5.32 Å². The second kappa shape index (κ2) is 7.64. The zero-order valence-corrected chi connectivity index (χ0v) is 12.7. The van der Waals surface area contributed by atoms with E-state index >= 15 is 0 Å². The number of ether oxygens (including phenoxy) is 2. The summed E-state index contributed by atoms with van der Waals surface area (Å²) in [5.41, 5.74) is 0.414. The maximum atomic E-state index is 12.0. The summed E-state index contributed by atoms with van der Waals surface area (Å²) in [6.07, 6.45) is -0.0591. The molecule has 0 aliphatic carbocycles. The number of nitrogens with one attached hydrogen (secondary N) is 1. The van der Waals surface area contributed by atoms with Gasteiger partial charge in [0, 0.05) is 10.9 Å². The highest BCUT2D eigenvalue weighted by Crippen LogP contribution is 2.23. The van der Waals surface area contributed by atoms with Crippen molar-refractivity contribution in [2.24, 2.45) is 5.92 Å². The van der Waals surface area contributed by atoms with Gasteiger partial charge in [0.2, 0.25) is 5.91 Å². The summed E-state index contributed by atoms with van der Waals surface area (Å²) in [6, 6.07) is 4.41. The van der Waals surface area contributed by atoms with E-state index < -0.39 is 23.8 Å². The van der Waals surface area contributed by atoms with Gasteiger partial charge in [-0.2, -0.15) is 0 Å². The quantitative estimate of drug-likeness (QED) is 0.843. The van der Waals surface area contributed by atoms with Crippen LogP contribution in [0, 0.1) is 5.92 Å². The van der Waals surface area contributed by atoms with Gasteiger partial charge in [0.25, 0.3) is 0 Å². The molecule has 21 heavy (non-hydrogen) atoms. The maximum Gasteiger partial charge on any atom is 0.339 e. The Labute approximate surface area is 127 Å². The molecule has 0 radical (unpaired) electrons. The van der Waals surface area contributed by atoms with E-state index in [1.807, 2.05) is 0 Å². The van der Waals surface area contributed by atoms with Crippen LogP contribution in [-0.2, 0) is 19.1 Å². The first-order valence-electron chi connectivity index (χ1n) is 6.14. The number of carbonyl (C=O) groups is 3. The Hall–Kier alpha value is -2.08. The molecule has 1 aromatic rings. The molecule has 0 saturated heterocycles. The number of benzene rings is 1. The molecule has 0 fully saturated rings. The molecule has 114 valence electrons. The molecule has 0 saturated carbocycles. The maximum absolute atomic E-state index is 12.0. The van der Waals surface area contributed by atoms with Gasteiger partial charge in [-0.15, -0.1) is 0 Å². The van der Waals surface area contributed by atoms with Gasteiger partial charge in [-0.3, -0.25) is 9.59 Å². The fourth-order valence-corrected chi connectivity index (χ4v) is 1.76. The molecule has 1 amide bonds. The van der Waals surface area contributed by atoms with Crippen molar-refractivity contribution in [3.63, 3.8) is 0 Å². The van der Waals surface area contributed by atoms with Gasteiger partial charge in [-0.25, -0.2) is 4.79 Å². The molecule has 1 N–H and O–H groups in total. The lowest BCUT2D eigenvalue weighted by Crippen LogP contribution is -2.24. The molecular weight excluding hydrogens is 298 g/mol. The molecule has 0 aromatic heterocycles. The van der Waals surface area contributed by atoms with Gasteiger partial charge < -0.3 is 14.8 Å². The first-order chi connectivity index (χ1) is 9.88. The van der Waals surface area contributed by atoms with Crippen LogP contribution >= 0.6 is 11.6 Å². The molecule has 1 atom stereocenters. The van der Waals surface area contributed by atoms with Gasteiger partial charge in [0.1, 0.15) is 0 Å². The molecule has 1 aromatic carbocycles. The molecule has 0 aliphatic rings. The SMILES string of the molecule is COC(=O)C[C@@H](C)C(=O)Nc1cc(Cl)ccc1C(=O)OC. The van der Waals surface area contributed by atoms with Crippen LogP contribution in [0.4, 0.5) is 5.69 Å². The average Bonchev–Trinajstić information content (AvgIpc) is 2.46. The fraction of sp³-hybridized carbons (Fsp3) is 0.357. The third-order valence-corrected chi connectivity index (χ3v) is 3.03. The van der Waals surface area contributed by atoms with E-state index in [-0.39, 0.29) is 17.7 Å². The standard InChI is InChI=1S/C14H16ClNO5/c1-8(6-12(17)20-2)13(18)16-11-7-9(15)4-5-10(11)14(19)21-3/h4-5,7-8H,6H2,1-3H3,(H,16,18)/t8-/m1/s1. The zero-order chi connectivity index (χ0) is 16.0. The molecule has 0 aliphatic heterocycles. The highest BCUT2D eigenvalue weighted by atomic mass is 35.5. The minimum atomic E-state index is -0.609. The van der Waals surface area contributed by atoms with Gasteiger partial charge in [0.15, 0.2) is 0 Å². The lowest BCUT2D eigenvalue weighted by atomic mass is 10.1. The van der Waals surface area contributed by atoms with Crippen molar-refractivity contribution in [1.82, 2.24) is 0 Å². The molecule has 0 unspecified atom stereocenters. The molecule has 7 heteroatoms. The van der Waals surface area contributed by atoms with Crippen LogP contribution in [0.1, 0.15) is 23.7 Å². The minimum Gasteiger partial charge on any atom is -0.469 e. The van der Waals surface area contributed by atoms with Gasteiger partial charge >= 0.3 is 11.9 Å². The Morgan fingerprint density at radius 3 is 2.48 bits per heavy atom. The van der Waals surface area contributed by atoms with Crippen LogP contribution in [0.2, 0.25) is 5.02 Å². The molecule has 0 spiro atoms. The van der Waals surface area contributed by atoms with Crippen molar-refractivity contribution >= 4 is 35.1 Å². The van der Waals surface area contributed by atoms with Crippen LogP contribution in [-0.4, -0.2) is 32.1 Å². The van der Waals surface area contributed by atoms with Crippen molar-refractivity contribution in [3.8, 4) is 0 Å². The van der Waals surface area contributed by atoms with Crippen LogP contribution in [0.15, 0.2) is 18.2 Å². The van der Waals surface area contributed by atoms with Gasteiger partial charge in [0.05, 0.1) is 31.9 Å². The Kier molecular flexibility index (Phi) is 6.17. The zero-order valence-electron chi connectivity index (χ0n) is 11.9. The number of methoxy groups -OCH3 is 2. The van der Waals surface area contributed by atoms with Gasteiger partial charge in [-0.1, -0.05) is 18.5 Å². The Morgan fingerprint density at radius 2 is 1.90 bits per heavy atom. The number of esters is 2. The first-order valence-corrected chi connectivity index (χ1v) is 6.52. The molecule has 6 nitrogen and oxygen atoms in total. The number of hydrogen-bond acceptors (Lipinski definition) is 5. The Morgan fingerprint density at radius 1 is 1.24 bits per heavy atom. The van der Waals surface area contributed by atoms with E-state index in [4.69, 9.17) is 11.6 Å². The second-order valence-corrected chi connectivity index (χ2v) is 4.79. The van der Waals surface area contributed by atoms with Crippen LogP contribution in [0.25, 0.3) is 0 Å². The van der Waals surface area contributed by atoms with Crippen molar-refractivity contribution in [3.05, 3.63) is 28.8 Å². The third kappa shape index (κ3) is 4.75. The molecular formula is C14H16ClNO5. The number of rotatable bonds is 5. The number of amides is 1. The summed E-state index contributed by atoms with van der Waals surface area (Å²) in [7, 11) is 2.49. The molecule has 0 bridgehead atoms. The third-order valence-electron chi connectivity index (χ3n) is 2.79. The van der Waals surface area contributed by atoms with E-state index in [1.165, 1.54) is 32.4 Å². The van der Waals surface area contributed by atoms with E-state index in [2.05, 4.69) is 14.8 Å². The Bertz CT molecular complexity index is 558. The first kappa shape index (κ1) is 17.0. The Balaban J connectivity index is 2.91. The fourth-order valence-electron chi connectivity index (χ4n) is 1.59. The molecule has 0 heterocycles.